The van der Waals surface area contributed by atoms with Crippen LogP contribution >= 0.6 is 0 Å². The van der Waals surface area contributed by atoms with E-state index in [9.17, 15) is 4.39 Å². The van der Waals surface area contributed by atoms with Gasteiger partial charge in [0.25, 0.3) is 0 Å². The summed E-state index contributed by atoms with van der Waals surface area (Å²) in [6.45, 7) is 8.05. The van der Waals surface area contributed by atoms with E-state index in [2.05, 4.69) is 13.8 Å². The first-order chi connectivity index (χ1) is 7.58. The van der Waals surface area contributed by atoms with Crippen molar-refractivity contribution in [3.63, 3.8) is 0 Å². The third kappa shape index (κ3) is 3.22. The molecule has 0 aliphatic carbocycles. The Morgan fingerprint density at radius 2 is 1.81 bits per heavy atom. The van der Waals surface area contributed by atoms with Crippen molar-refractivity contribution in [2.24, 2.45) is 0 Å². The molecule has 0 saturated heterocycles. The van der Waals surface area contributed by atoms with Crippen molar-refractivity contribution in [2.75, 3.05) is 0 Å². The van der Waals surface area contributed by atoms with E-state index in [-0.39, 0.29) is 11.9 Å². The summed E-state index contributed by atoms with van der Waals surface area (Å²) in [4.78, 5) is 0. The van der Waals surface area contributed by atoms with E-state index >= 15 is 0 Å². The molecule has 0 heterocycles. The molecule has 0 aliphatic rings. The van der Waals surface area contributed by atoms with Gasteiger partial charge in [0.1, 0.15) is 0 Å². The van der Waals surface area contributed by atoms with Crippen molar-refractivity contribution >= 4 is 0 Å². The van der Waals surface area contributed by atoms with E-state index in [0.717, 1.165) is 18.4 Å². The summed E-state index contributed by atoms with van der Waals surface area (Å²) in [5.74, 6) is 0.547. The summed E-state index contributed by atoms with van der Waals surface area (Å²) in [6, 6.07) is 5.32. The van der Waals surface area contributed by atoms with Crippen LogP contribution in [0.15, 0.2) is 18.2 Å². The number of rotatable bonds is 5. The molecule has 0 N–H and O–H groups in total. The number of hydrogen-bond acceptors (Lipinski definition) is 1. The predicted octanol–water partition coefficient (Wildman–Crippen LogP) is 4.52. The Balaban J connectivity index is 2.89. The highest BCUT2D eigenvalue weighted by Gasteiger charge is 2.11. The Hall–Kier alpha value is -1.05. The molecular weight excluding hydrogens is 203 g/mol. The van der Waals surface area contributed by atoms with Crippen molar-refractivity contribution in [3.05, 3.63) is 29.6 Å². The van der Waals surface area contributed by atoms with Gasteiger partial charge in [-0.1, -0.05) is 19.9 Å². The molecule has 90 valence electrons. The average Bonchev–Trinajstić information content (AvgIpc) is 2.23. The quantitative estimate of drug-likeness (QED) is 0.714. The maximum Gasteiger partial charge on any atom is 0.165 e. The van der Waals surface area contributed by atoms with Crippen LogP contribution in [-0.4, -0.2) is 6.10 Å². The van der Waals surface area contributed by atoms with Gasteiger partial charge in [0.15, 0.2) is 11.6 Å². The third-order valence-electron chi connectivity index (χ3n) is 2.78. The summed E-state index contributed by atoms with van der Waals surface area (Å²) in [5.41, 5.74) is 1.07. The van der Waals surface area contributed by atoms with Crippen molar-refractivity contribution < 1.29 is 9.13 Å². The smallest absolute Gasteiger partial charge is 0.165 e. The molecule has 0 atom stereocenters. The molecule has 1 aromatic carbocycles. The van der Waals surface area contributed by atoms with Gasteiger partial charge in [-0.05, 0) is 50.3 Å². The minimum Gasteiger partial charge on any atom is -0.488 e. The average molecular weight is 224 g/mol. The van der Waals surface area contributed by atoms with Crippen LogP contribution in [0.25, 0.3) is 0 Å². The molecule has 0 fully saturated rings. The Morgan fingerprint density at radius 1 is 1.19 bits per heavy atom. The van der Waals surface area contributed by atoms with Crippen LogP contribution in [0.4, 0.5) is 4.39 Å². The molecule has 0 unspecified atom stereocenters. The van der Waals surface area contributed by atoms with Gasteiger partial charge in [0.05, 0.1) is 6.10 Å². The lowest BCUT2D eigenvalue weighted by atomic mass is 9.94. The molecule has 0 spiro atoms. The summed E-state index contributed by atoms with van der Waals surface area (Å²) in [6.07, 6.45) is 2.09. The number of hydrogen-bond donors (Lipinski definition) is 0. The van der Waals surface area contributed by atoms with Gasteiger partial charge in [-0.2, -0.15) is 0 Å². The van der Waals surface area contributed by atoms with Crippen molar-refractivity contribution in [2.45, 2.75) is 52.6 Å². The van der Waals surface area contributed by atoms with Crippen molar-refractivity contribution in [1.29, 1.82) is 0 Å². The normalized spacial score (nSPS) is 11.2. The Bertz CT molecular complexity index is 330. The first-order valence-electron chi connectivity index (χ1n) is 6.04. The molecule has 2 heteroatoms. The minimum absolute atomic E-state index is 0.00787. The van der Waals surface area contributed by atoms with Crippen LogP contribution < -0.4 is 4.74 Å². The Morgan fingerprint density at radius 3 is 2.25 bits per heavy atom. The first-order valence-corrected chi connectivity index (χ1v) is 6.04. The zero-order valence-electron chi connectivity index (χ0n) is 10.6. The summed E-state index contributed by atoms with van der Waals surface area (Å²) in [7, 11) is 0. The Labute approximate surface area is 97.6 Å². The van der Waals surface area contributed by atoms with E-state index in [1.807, 2.05) is 19.9 Å². The molecule has 0 radical (unpaired) electrons. The maximum atomic E-state index is 13.7. The van der Waals surface area contributed by atoms with Crippen LogP contribution in [0, 0.1) is 5.82 Å². The third-order valence-corrected chi connectivity index (χ3v) is 2.78. The molecule has 0 aromatic heterocycles. The van der Waals surface area contributed by atoms with Gasteiger partial charge >= 0.3 is 0 Å². The lowest BCUT2D eigenvalue weighted by Crippen LogP contribution is -2.07. The summed E-state index contributed by atoms with van der Waals surface area (Å²) >= 11 is 0. The highest BCUT2D eigenvalue weighted by Crippen LogP contribution is 2.27. The van der Waals surface area contributed by atoms with Crippen LogP contribution in [0.1, 0.15) is 52.0 Å². The van der Waals surface area contributed by atoms with Crippen LogP contribution in [0.3, 0.4) is 0 Å². The van der Waals surface area contributed by atoms with Crippen molar-refractivity contribution in [3.8, 4) is 5.75 Å². The fourth-order valence-corrected chi connectivity index (χ4v) is 1.88. The second-order valence-electron chi connectivity index (χ2n) is 4.37. The number of ether oxygens (including phenoxy) is 1. The van der Waals surface area contributed by atoms with Gasteiger partial charge in [-0.15, -0.1) is 0 Å². The summed E-state index contributed by atoms with van der Waals surface area (Å²) < 4.78 is 19.1. The molecule has 0 aliphatic heterocycles. The number of halogens is 1. The van der Waals surface area contributed by atoms with Gasteiger partial charge in [-0.25, -0.2) is 4.39 Å². The van der Waals surface area contributed by atoms with E-state index in [1.165, 1.54) is 0 Å². The minimum atomic E-state index is -0.252. The lowest BCUT2D eigenvalue weighted by molar-refractivity contribution is 0.231. The number of benzene rings is 1. The molecule has 0 amide bonds. The first kappa shape index (κ1) is 13.0. The predicted molar refractivity (Wildman–Crippen MR) is 65.5 cm³/mol. The molecule has 0 bridgehead atoms. The molecule has 1 rings (SSSR count). The molecule has 0 saturated carbocycles. The Kier molecular flexibility index (Phi) is 4.78. The topological polar surface area (TPSA) is 9.23 Å². The zero-order chi connectivity index (χ0) is 12.1. The summed E-state index contributed by atoms with van der Waals surface area (Å²) in [5, 5.41) is 0. The van der Waals surface area contributed by atoms with Gasteiger partial charge in [0, 0.05) is 0 Å². The maximum absolute atomic E-state index is 13.7. The molecule has 1 aromatic rings. The van der Waals surface area contributed by atoms with Gasteiger partial charge in [-0.3, -0.25) is 0 Å². The molecular formula is C14H21FO. The second kappa shape index (κ2) is 5.88. The van der Waals surface area contributed by atoms with E-state index in [0.29, 0.717) is 11.7 Å². The van der Waals surface area contributed by atoms with Crippen LogP contribution in [0.5, 0.6) is 5.75 Å². The highest BCUT2D eigenvalue weighted by molar-refractivity contribution is 5.31. The van der Waals surface area contributed by atoms with Crippen LogP contribution in [0.2, 0.25) is 0 Å². The van der Waals surface area contributed by atoms with Gasteiger partial charge in [0.2, 0.25) is 0 Å². The standard InChI is InChI=1S/C14H21FO/c1-5-11(6-2)12-7-8-14(13(15)9-12)16-10(3)4/h7-11H,5-6H2,1-4H3. The molecule has 16 heavy (non-hydrogen) atoms. The lowest BCUT2D eigenvalue weighted by Gasteiger charge is -2.15. The van der Waals surface area contributed by atoms with E-state index < -0.39 is 0 Å². The molecule has 1 nitrogen and oxygen atoms in total. The second-order valence-corrected chi connectivity index (χ2v) is 4.37. The highest BCUT2D eigenvalue weighted by atomic mass is 19.1. The monoisotopic (exact) mass is 224 g/mol. The fourth-order valence-electron chi connectivity index (χ4n) is 1.88. The van der Waals surface area contributed by atoms with E-state index in [1.54, 1.807) is 12.1 Å². The van der Waals surface area contributed by atoms with Crippen LogP contribution in [-0.2, 0) is 0 Å². The largest absolute Gasteiger partial charge is 0.488 e. The SMILES string of the molecule is CCC(CC)c1ccc(OC(C)C)c(F)c1. The fraction of sp³-hybridized carbons (Fsp3) is 0.571. The van der Waals surface area contributed by atoms with Crippen molar-refractivity contribution in [1.82, 2.24) is 0 Å². The zero-order valence-corrected chi connectivity index (χ0v) is 10.6. The van der Waals surface area contributed by atoms with Gasteiger partial charge < -0.3 is 4.74 Å². The van der Waals surface area contributed by atoms with E-state index in [4.69, 9.17) is 4.74 Å².